The monoisotopic (exact) mass is 303 g/mol. The van der Waals surface area contributed by atoms with E-state index in [1.807, 2.05) is 0 Å². The van der Waals surface area contributed by atoms with Crippen LogP contribution >= 0.6 is 0 Å². The Morgan fingerprint density at radius 2 is 2.20 bits per heavy atom. The van der Waals surface area contributed by atoms with Crippen molar-refractivity contribution in [3.05, 3.63) is 39.7 Å². The first kappa shape index (κ1) is 16.2. The molecule has 2 unspecified atom stereocenters. The lowest BCUT2D eigenvalue weighted by Gasteiger charge is -2.09. The number of benzene rings is 1. The number of carbonyl (C=O) groups excluding carboxylic acids is 1. The van der Waals surface area contributed by atoms with Crippen LogP contribution in [-0.4, -0.2) is 28.0 Å². The average Bonchev–Trinajstić information content (AvgIpc) is 2.37. The fourth-order valence-electron chi connectivity index (χ4n) is 1.63. The Balaban J connectivity index is 2.82. The number of rotatable bonds is 6. The first-order valence-electron chi connectivity index (χ1n) is 5.70. The second-order valence-corrected chi connectivity index (χ2v) is 5.71. The summed E-state index contributed by atoms with van der Waals surface area (Å²) in [4.78, 5) is 21.3. The van der Waals surface area contributed by atoms with Gasteiger partial charge in [0, 0.05) is 28.2 Å². The minimum Gasteiger partial charge on any atom is -0.469 e. The normalized spacial score (nSPS) is 13.6. The molecule has 0 aliphatic heterocycles. The molecule has 6 nitrogen and oxygen atoms in total. The van der Waals surface area contributed by atoms with Crippen molar-refractivity contribution in [2.24, 2.45) is 5.92 Å². The maximum absolute atomic E-state index is 13.1. The van der Waals surface area contributed by atoms with Gasteiger partial charge in [0.25, 0.3) is 5.69 Å². The van der Waals surface area contributed by atoms with Gasteiger partial charge in [0.2, 0.25) is 0 Å². The molecule has 110 valence electrons. The summed E-state index contributed by atoms with van der Waals surface area (Å²) in [6.07, 6.45) is 0. The number of nitro benzene ring substituents is 1. The molecule has 20 heavy (non-hydrogen) atoms. The molecule has 0 aliphatic rings. The molecule has 1 aromatic rings. The van der Waals surface area contributed by atoms with Gasteiger partial charge in [-0.2, -0.15) is 0 Å². The Kier molecular flexibility index (Phi) is 5.75. The van der Waals surface area contributed by atoms with E-state index in [0.717, 1.165) is 18.2 Å². The predicted molar refractivity (Wildman–Crippen MR) is 70.9 cm³/mol. The SMILES string of the molecule is COC(=O)C(C)CS(=O)Cc1cc(F)ccc1[N+](=O)[O-]. The summed E-state index contributed by atoms with van der Waals surface area (Å²) in [6, 6.07) is 2.99. The van der Waals surface area contributed by atoms with Gasteiger partial charge in [0.15, 0.2) is 0 Å². The van der Waals surface area contributed by atoms with E-state index >= 15 is 0 Å². The van der Waals surface area contributed by atoms with Gasteiger partial charge in [0.1, 0.15) is 5.82 Å². The highest BCUT2D eigenvalue weighted by molar-refractivity contribution is 7.84. The fraction of sp³-hybridized carbons (Fsp3) is 0.417. The van der Waals surface area contributed by atoms with Crippen LogP contribution in [0.15, 0.2) is 18.2 Å². The summed E-state index contributed by atoms with van der Waals surface area (Å²) < 4.78 is 29.5. The number of halogens is 1. The van der Waals surface area contributed by atoms with E-state index in [1.54, 1.807) is 6.92 Å². The molecule has 0 aliphatic carbocycles. The van der Waals surface area contributed by atoms with E-state index in [9.17, 15) is 23.5 Å². The smallest absolute Gasteiger partial charge is 0.309 e. The lowest BCUT2D eigenvalue weighted by atomic mass is 10.2. The highest BCUT2D eigenvalue weighted by atomic mass is 32.2. The zero-order chi connectivity index (χ0) is 15.3. The number of methoxy groups -OCH3 is 1. The summed E-state index contributed by atoms with van der Waals surface area (Å²) in [6.45, 7) is 1.55. The van der Waals surface area contributed by atoms with Gasteiger partial charge in [-0.1, -0.05) is 6.92 Å². The van der Waals surface area contributed by atoms with Gasteiger partial charge in [0.05, 0.1) is 23.7 Å². The molecule has 0 bridgehead atoms. The molecule has 0 amide bonds. The van der Waals surface area contributed by atoms with Crippen LogP contribution in [-0.2, 0) is 26.1 Å². The van der Waals surface area contributed by atoms with Gasteiger partial charge in [-0.3, -0.25) is 19.1 Å². The predicted octanol–water partition coefficient (Wildman–Crippen LogP) is 1.79. The Hall–Kier alpha value is -1.83. The van der Waals surface area contributed by atoms with Crippen molar-refractivity contribution >= 4 is 22.5 Å². The minimum absolute atomic E-state index is 0.000338. The summed E-state index contributed by atoms with van der Waals surface area (Å²) in [7, 11) is -0.309. The summed E-state index contributed by atoms with van der Waals surface area (Å²) in [5, 5.41) is 10.8. The molecule has 1 rings (SSSR count). The molecule has 0 spiro atoms. The van der Waals surface area contributed by atoms with Gasteiger partial charge < -0.3 is 4.74 Å². The summed E-state index contributed by atoms with van der Waals surface area (Å²) in [5.41, 5.74) is -0.240. The van der Waals surface area contributed by atoms with Gasteiger partial charge in [-0.15, -0.1) is 0 Å². The highest BCUT2D eigenvalue weighted by Gasteiger charge is 2.20. The third kappa shape index (κ3) is 4.37. The third-order valence-electron chi connectivity index (χ3n) is 2.59. The number of nitro groups is 1. The molecule has 1 aromatic carbocycles. The van der Waals surface area contributed by atoms with Crippen molar-refractivity contribution < 1.29 is 23.1 Å². The van der Waals surface area contributed by atoms with Crippen LogP contribution in [0.2, 0.25) is 0 Å². The van der Waals surface area contributed by atoms with Crippen molar-refractivity contribution in [2.45, 2.75) is 12.7 Å². The van der Waals surface area contributed by atoms with Crippen LogP contribution in [0.5, 0.6) is 0 Å². The van der Waals surface area contributed by atoms with Crippen LogP contribution in [0.3, 0.4) is 0 Å². The van der Waals surface area contributed by atoms with E-state index in [2.05, 4.69) is 4.74 Å². The number of hydrogen-bond donors (Lipinski definition) is 0. The third-order valence-corrected chi connectivity index (χ3v) is 4.10. The number of carbonyl (C=O) groups is 1. The number of ether oxygens (including phenoxy) is 1. The van der Waals surface area contributed by atoms with Crippen molar-refractivity contribution in [1.82, 2.24) is 0 Å². The Morgan fingerprint density at radius 3 is 2.75 bits per heavy atom. The zero-order valence-corrected chi connectivity index (χ0v) is 11.8. The first-order chi connectivity index (χ1) is 9.35. The number of esters is 1. The van der Waals surface area contributed by atoms with Crippen LogP contribution in [0.1, 0.15) is 12.5 Å². The quantitative estimate of drug-likeness (QED) is 0.454. The molecular weight excluding hydrogens is 289 g/mol. The largest absolute Gasteiger partial charge is 0.469 e. The first-order valence-corrected chi connectivity index (χ1v) is 7.19. The van der Waals surface area contributed by atoms with E-state index in [4.69, 9.17) is 0 Å². The molecule has 0 radical (unpaired) electrons. The van der Waals surface area contributed by atoms with E-state index in [1.165, 1.54) is 7.11 Å². The van der Waals surface area contributed by atoms with Gasteiger partial charge in [-0.25, -0.2) is 4.39 Å². The molecule has 0 fully saturated rings. The van der Waals surface area contributed by atoms with Crippen molar-refractivity contribution in [2.75, 3.05) is 12.9 Å². The molecule has 0 saturated heterocycles. The van der Waals surface area contributed by atoms with Gasteiger partial charge in [-0.05, 0) is 12.1 Å². The molecule has 0 heterocycles. The minimum atomic E-state index is -1.53. The lowest BCUT2D eigenvalue weighted by molar-refractivity contribution is -0.385. The summed E-state index contributed by atoms with van der Waals surface area (Å²) in [5.74, 6) is -1.92. The molecular formula is C12H14FNO5S. The fourth-order valence-corrected chi connectivity index (χ4v) is 3.02. The second-order valence-electron chi connectivity index (χ2n) is 4.21. The Bertz CT molecular complexity index is 549. The van der Waals surface area contributed by atoms with E-state index < -0.39 is 33.4 Å². The van der Waals surface area contributed by atoms with Crippen LogP contribution in [0.25, 0.3) is 0 Å². The standard InChI is InChI=1S/C12H14FNO5S/c1-8(12(15)19-2)6-20(18)7-9-5-10(13)3-4-11(9)14(16)17/h3-5,8H,6-7H2,1-2H3. The Labute approximate surface area is 117 Å². The molecule has 0 N–H and O–H groups in total. The van der Waals surface area contributed by atoms with Crippen molar-refractivity contribution in [3.63, 3.8) is 0 Å². The molecule has 0 saturated carbocycles. The van der Waals surface area contributed by atoms with Crippen LogP contribution < -0.4 is 0 Å². The van der Waals surface area contributed by atoms with Crippen LogP contribution in [0.4, 0.5) is 10.1 Å². The van der Waals surface area contributed by atoms with Crippen molar-refractivity contribution in [3.8, 4) is 0 Å². The molecule has 2 atom stereocenters. The summed E-state index contributed by atoms with van der Waals surface area (Å²) >= 11 is 0. The maximum atomic E-state index is 13.1. The number of hydrogen-bond acceptors (Lipinski definition) is 5. The van der Waals surface area contributed by atoms with Gasteiger partial charge >= 0.3 is 5.97 Å². The molecule has 0 aromatic heterocycles. The molecule has 8 heteroatoms. The van der Waals surface area contributed by atoms with Crippen LogP contribution in [0, 0.1) is 21.8 Å². The van der Waals surface area contributed by atoms with E-state index in [0.29, 0.717) is 0 Å². The zero-order valence-electron chi connectivity index (χ0n) is 11.0. The lowest BCUT2D eigenvalue weighted by Crippen LogP contribution is -2.20. The second kappa shape index (κ2) is 7.09. The topological polar surface area (TPSA) is 86.5 Å². The maximum Gasteiger partial charge on any atom is 0.309 e. The average molecular weight is 303 g/mol. The number of nitrogens with zero attached hydrogens (tertiary/aromatic N) is 1. The van der Waals surface area contributed by atoms with Crippen molar-refractivity contribution in [1.29, 1.82) is 0 Å². The highest BCUT2D eigenvalue weighted by Crippen LogP contribution is 2.21. The Morgan fingerprint density at radius 1 is 1.55 bits per heavy atom. The van der Waals surface area contributed by atoms with E-state index in [-0.39, 0.29) is 22.8 Å².